The Balaban J connectivity index is 2.57. The largest absolute Gasteiger partial charge is 0.377 e. The van der Waals surface area contributed by atoms with Crippen molar-refractivity contribution in [3.8, 4) is 0 Å². The van der Waals surface area contributed by atoms with Gasteiger partial charge < -0.3 is 10.2 Å². The van der Waals surface area contributed by atoms with E-state index in [2.05, 4.69) is 88.4 Å². The van der Waals surface area contributed by atoms with Crippen LogP contribution in [0.5, 0.6) is 0 Å². The summed E-state index contributed by atoms with van der Waals surface area (Å²) >= 11 is 0. The molecule has 1 N–H and O–H groups in total. The Morgan fingerprint density at radius 1 is 0.818 bits per heavy atom. The third-order valence-electron chi connectivity index (χ3n) is 3.95. The van der Waals surface area contributed by atoms with Crippen LogP contribution in [0.4, 0.5) is 17.1 Å². The van der Waals surface area contributed by atoms with Gasteiger partial charge in [0.25, 0.3) is 0 Å². The number of benzene rings is 2. The average molecular weight is 296 g/mol. The number of nitrogens with one attached hydrogen (secondary N) is 1. The molecule has 2 nitrogen and oxygen atoms in total. The van der Waals surface area contributed by atoms with Crippen molar-refractivity contribution in [3.05, 3.63) is 53.6 Å². The van der Waals surface area contributed by atoms with Gasteiger partial charge in [0.1, 0.15) is 0 Å². The third-order valence-corrected chi connectivity index (χ3v) is 3.95. The van der Waals surface area contributed by atoms with Crippen LogP contribution in [-0.4, -0.2) is 14.1 Å². The van der Waals surface area contributed by atoms with Gasteiger partial charge in [-0.1, -0.05) is 52.0 Å². The zero-order valence-corrected chi connectivity index (χ0v) is 14.6. The fraction of sp³-hybridized carbons (Fsp3) is 0.400. The van der Waals surface area contributed by atoms with Crippen molar-refractivity contribution in [2.45, 2.75) is 39.5 Å². The molecule has 2 rings (SSSR count). The van der Waals surface area contributed by atoms with Gasteiger partial charge in [0.2, 0.25) is 0 Å². The van der Waals surface area contributed by atoms with Gasteiger partial charge in [0, 0.05) is 36.7 Å². The first-order valence-electron chi connectivity index (χ1n) is 8.08. The molecule has 0 unspecified atom stereocenters. The molecule has 0 radical (unpaired) electrons. The Hall–Kier alpha value is -1.96. The lowest BCUT2D eigenvalue weighted by atomic mass is 9.90. The van der Waals surface area contributed by atoms with Crippen LogP contribution in [0.15, 0.2) is 42.5 Å². The van der Waals surface area contributed by atoms with E-state index in [4.69, 9.17) is 0 Å². The van der Waals surface area contributed by atoms with Crippen LogP contribution in [-0.2, 0) is 0 Å². The van der Waals surface area contributed by atoms with Crippen LogP contribution >= 0.6 is 0 Å². The van der Waals surface area contributed by atoms with Gasteiger partial charge in [-0.3, -0.25) is 0 Å². The summed E-state index contributed by atoms with van der Waals surface area (Å²) in [6, 6.07) is 14.9. The van der Waals surface area contributed by atoms with E-state index in [0.29, 0.717) is 11.8 Å². The second kappa shape index (κ2) is 6.87. The minimum absolute atomic E-state index is 0.460. The van der Waals surface area contributed by atoms with E-state index in [9.17, 15) is 0 Å². The number of nitrogens with zero attached hydrogens (tertiary/aromatic N) is 1. The van der Waals surface area contributed by atoms with Crippen molar-refractivity contribution < 1.29 is 0 Å². The van der Waals surface area contributed by atoms with Crippen LogP contribution in [0.3, 0.4) is 0 Å². The van der Waals surface area contributed by atoms with E-state index in [1.54, 1.807) is 0 Å². The summed E-state index contributed by atoms with van der Waals surface area (Å²) in [5, 5.41) is 3.59. The van der Waals surface area contributed by atoms with Gasteiger partial charge in [-0.05, 0) is 35.6 Å². The second-order valence-electron chi connectivity index (χ2n) is 6.66. The number of para-hydroxylation sites is 1. The standard InChI is InChI=1S/C20H28N2/c1-14(2)17-12-13-18(21-16-10-8-7-9-11-16)19(15(3)4)20(17)22(5)6/h7-15,21H,1-6H3. The lowest BCUT2D eigenvalue weighted by molar-refractivity contribution is 0.824. The number of rotatable bonds is 5. The first-order valence-corrected chi connectivity index (χ1v) is 8.08. The number of hydrogen-bond acceptors (Lipinski definition) is 2. The van der Waals surface area contributed by atoms with Crippen molar-refractivity contribution in [1.29, 1.82) is 0 Å². The number of anilines is 3. The molecule has 0 atom stereocenters. The van der Waals surface area contributed by atoms with Gasteiger partial charge in [-0.2, -0.15) is 0 Å². The minimum atomic E-state index is 0.460. The van der Waals surface area contributed by atoms with Crippen LogP contribution in [0.1, 0.15) is 50.7 Å². The summed E-state index contributed by atoms with van der Waals surface area (Å²) in [7, 11) is 4.28. The first-order chi connectivity index (χ1) is 10.4. The predicted octanol–water partition coefficient (Wildman–Crippen LogP) is 5.74. The molecule has 2 aromatic rings. The molecule has 2 aromatic carbocycles. The molecule has 22 heavy (non-hydrogen) atoms. The molecule has 0 amide bonds. The maximum Gasteiger partial charge on any atom is 0.0452 e. The van der Waals surface area contributed by atoms with Crippen LogP contribution in [0.25, 0.3) is 0 Å². The predicted molar refractivity (Wildman–Crippen MR) is 98.7 cm³/mol. The van der Waals surface area contributed by atoms with Gasteiger partial charge in [-0.15, -0.1) is 0 Å². The zero-order chi connectivity index (χ0) is 16.3. The summed E-state index contributed by atoms with van der Waals surface area (Å²) in [4.78, 5) is 2.25. The Morgan fingerprint density at radius 2 is 1.45 bits per heavy atom. The molecule has 0 saturated heterocycles. The van der Waals surface area contributed by atoms with Crippen molar-refractivity contribution in [3.63, 3.8) is 0 Å². The normalized spacial score (nSPS) is 11.1. The van der Waals surface area contributed by atoms with Crippen LogP contribution in [0, 0.1) is 0 Å². The molecule has 0 aliphatic carbocycles. The van der Waals surface area contributed by atoms with Crippen LogP contribution in [0.2, 0.25) is 0 Å². The maximum absolute atomic E-state index is 3.59. The quantitative estimate of drug-likeness (QED) is 0.756. The van der Waals surface area contributed by atoms with E-state index < -0.39 is 0 Å². The van der Waals surface area contributed by atoms with E-state index in [-0.39, 0.29) is 0 Å². The van der Waals surface area contributed by atoms with Gasteiger partial charge in [0.05, 0.1) is 0 Å². The maximum atomic E-state index is 3.59. The van der Waals surface area contributed by atoms with Gasteiger partial charge in [0.15, 0.2) is 0 Å². The summed E-state index contributed by atoms with van der Waals surface area (Å²) in [6.07, 6.45) is 0. The van der Waals surface area contributed by atoms with E-state index in [1.165, 1.54) is 22.5 Å². The highest BCUT2D eigenvalue weighted by molar-refractivity contribution is 5.75. The second-order valence-corrected chi connectivity index (χ2v) is 6.66. The zero-order valence-electron chi connectivity index (χ0n) is 14.6. The molecular formula is C20H28N2. The summed E-state index contributed by atoms with van der Waals surface area (Å²) < 4.78 is 0. The lowest BCUT2D eigenvalue weighted by Gasteiger charge is -2.28. The minimum Gasteiger partial charge on any atom is -0.377 e. The molecule has 2 heteroatoms. The molecule has 118 valence electrons. The fourth-order valence-electron chi connectivity index (χ4n) is 2.96. The molecule has 0 saturated carbocycles. The molecule has 0 heterocycles. The molecule has 0 bridgehead atoms. The average Bonchev–Trinajstić information content (AvgIpc) is 2.47. The SMILES string of the molecule is CC(C)c1ccc(Nc2ccccc2)c(C(C)C)c1N(C)C. The van der Waals surface area contributed by atoms with Crippen molar-refractivity contribution in [1.82, 2.24) is 0 Å². The Labute approximate surface area is 135 Å². The molecule has 0 aliphatic rings. The van der Waals surface area contributed by atoms with Crippen molar-refractivity contribution in [2.75, 3.05) is 24.3 Å². The van der Waals surface area contributed by atoms with Gasteiger partial charge >= 0.3 is 0 Å². The van der Waals surface area contributed by atoms with E-state index >= 15 is 0 Å². The fourth-order valence-corrected chi connectivity index (χ4v) is 2.96. The molecular weight excluding hydrogens is 268 g/mol. The smallest absolute Gasteiger partial charge is 0.0452 e. The topological polar surface area (TPSA) is 15.3 Å². The molecule has 0 aromatic heterocycles. The van der Waals surface area contributed by atoms with Crippen molar-refractivity contribution >= 4 is 17.1 Å². The molecule has 0 spiro atoms. The first kappa shape index (κ1) is 16.4. The summed E-state index contributed by atoms with van der Waals surface area (Å²) in [5.74, 6) is 0.975. The monoisotopic (exact) mass is 296 g/mol. The Morgan fingerprint density at radius 3 is 1.95 bits per heavy atom. The highest BCUT2D eigenvalue weighted by atomic mass is 15.1. The lowest BCUT2D eigenvalue weighted by Crippen LogP contribution is -2.16. The molecule has 0 aliphatic heterocycles. The summed E-state index contributed by atoms with van der Waals surface area (Å²) in [5.41, 5.74) is 6.49. The number of hydrogen-bond donors (Lipinski definition) is 1. The third kappa shape index (κ3) is 3.44. The van der Waals surface area contributed by atoms with Crippen LogP contribution < -0.4 is 10.2 Å². The van der Waals surface area contributed by atoms with Gasteiger partial charge in [-0.25, -0.2) is 0 Å². The Bertz CT molecular complexity index is 613. The van der Waals surface area contributed by atoms with Crippen molar-refractivity contribution in [2.24, 2.45) is 0 Å². The molecule has 0 fully saturated rings. The highest BCUT2D eigenvalue weighted by Gasteiger charge is 2.19. The summed E-state index contributed by atoms with van der Waals surface area (Å²) in [6.45, 7) is 9.05. The highest BCUT2D eigenvalue weighted by Crippen LogP contribution is 2.40. The Kier molecular flexibility index (Phi) is 5.12. The van der Waals surface area contributed by atoms with E-state index in [0.717, 1.165) is 5.69 Å². The van der Waals surface area contributed by atoms with E-state index in [1.807, 2.05) is 6.07 Å².